The molecule has 0 aliphatic heterocycles. The maximum atomic E-state index is 12.8. The molecule has 2 aromatic carbocycles. The number of benzene rings is 2. The minimum Gasteiger partial charge on any atom is -0.355 e. The molecule has 0 fully saturated rings. The number of hydrogen-bond acceptors (Lipinski definition) is 2. The molecule has 0 radical (unpaired) electrons. The Balaban J connectivity index is 1.82. The second kappa shape index (κ2) is 8.94. The number of amides is 1. The normalized spacial score (nSPS) is 12.0. The molecular weight excluding hydrogens is 333 g/mol. The third-order valence-corrected chi connectivity index (χ3v) is 5.01. The molecule has 0 aromatic heterocycles. The van der Waals surface area contributed by atoms with Crippen LogP contribution in [0.1, 0.15) is 18.9 Å². The van der Waals surface area contributed by atoms with Gasteiger partial charge < -0.3 is 5.32 Å². The SMILES string of the molecule is CC[C@@H](Sc1ccc(Cl)cc1)C(=O)NCCc1ccc(F)cc1. The molecule has 2 aromatic rings. The van der Waals surface area contributed by atoms with Crippen LogP contribution in [-0.2, 0) is 11.2 Å². The number of thioether (sulfide) groups is 1. The summed E-state index contributed by atoms with van der Waals surface area (Å²) in [6.45, 7) is 2.54. The summed E-state index contributed by atoms with van der Waals surface area (Å²) in [4.78, 5) is 13.3. The summed E-state index contributed by atoms with van der Waals surface area (Å²) < 4.78 is 12.8. The predicted molar refractivity (Wildman–Crippen MR) is 94.5 cm³/mol. The molecule has 1 amide bonds. The number of rotatable bonds is 7. The van der Waals surface area contributed by atoms with E-state index >= 15 is 0 Å². The van der Waals surface area contributed by atoms with Gasteiger partial charge in [0.05, 0.1) is 5.25 Å². The summed E-state index contributed by atoms with van der Waals surface area (Å²) in [6, 6.07) is 13.8. The van der Waals surface area contributed by atoms with Crippen LogP contribution in [0.2, 0.25) is 5.02 Å². The molecular formula is C18H19ClFNOS. The van der Waals surface area contributed by atoms with Crippen molar-refractivity contribution >= 4 is 29.3 Å². The first-order valence-corrected chi connectivity index (χ1v) is 8.78. The highest BCUT2D eigenvalue weighted by Crippen LogP contribution is 2.26. The van der Waals surface area contributed by atoms with E-state index in [0.717, 1.165) is 16.9 Å². The van der Waals surface area contributed by atoms with E-state index in [4.69, 9.17) is 11.6 Å². The molecule has 1 N–H and O–H groups in total. The van der Waals surface area contributed by atoms with Gasteiger partial charge >= 0.3 is 0 Å². The predicted octanol–water partition coefficient (Wildman–Crippen LogP) is 4.71. The van der Waals surface area contributed by atoms with E-state index in [1.807, 2.05) is 31.2 Å². The molecule has 0 bridgehead atoms. The van der Waals surface area contributed by atoms with Crippen molar-refractivity contribution in [2.24, 2.45) is 0 Å². The fourth-order valence-electron chi connectivity index (χ4n) is 2.09. The van der Waals surface area contributed by atoms with E-state index in [1.54, 1.807) is 12.1 Å². The molecule has 0 saturated carbocycles. The summed E-state index contributed by atoms with van der Waals surface area (Å²) in [5.41, 5.74) is 1.00. The maximum Gasteiger partial charge on any atom is 0.233 e. The second-order valence-electron chi connectivity index (χ2n) is 5.14. The zero-order valence-electron chi connectivity index (χ0n) is 12.9. The molecule has 0 spiro atoms. The minimum absolute atomic E-state index is 0.0227. The Kier molecular flexibility index (Phi) is 6.93. The van der Waals surface area contributed by atoms with Gasteiger partial charge in [-0.3, -0.25) is 4.79 Å². The Morgan fingerprint density at radius 2 is 1.83 bits per heavy atom. The van der Waals surface area contributed by atoms with Crippen molar-refractivity contribution in [2.45, 2.75) is 29.9 Å². The van der Waals surface area contributed by atoms with Gasteiger partial charge in [-0.2, -0.15) is 0 Å². The number of halogens is 2. The summed E-state index contributed by atoms with van der Waals surface area (Å²) in [7, 11) is 0. The van der Waals surface area contributed by atoms with E-state index in [9.17, 15) is 9.18 Å². The highest BCUT2D eigenvalue weighted by Gasteiger charge is 2.17. The second-order valence-corrected chi connectivity index (χ2v) is 6.85. The lowest BCUT2D eigenvalue weighted by Crippen LogP contribution is -2.33. The van der Waals surface area contributed by atoms with Crippen molar-refractivity contribution in [3.05, 3.63) is 64.9 Å². The van der Waals surface area contributed by atoms with Crippen molar-refractivity contribution in [3.8, 4) is 0 Å². The Bertz CT molecular complexity index is 630. The van der Waals surface area contributed by atoms with E-state index in [0.29, 0.717) is 18.0 Å². The largest absolute Gasteiger partial charge is 0.355 e. The topological polar surface area (TPSA) is 29.1 Å². The molecule has 0 saturated heterocycles. The van der Waals surface area contributed by atoms with Crippen LogP contribution in [0.4, 0.5) is 4.39 Å². The smallest absolute Gasteiger partial charge is 0.233 e. The van der Waals surface area contributed by atoms with Crippen LogP contribution < -0.4 is 5.32 Å². The first kappa shape index (κ1) is 17.8. The van der Waals surface area contributed by atoms with Gasteiger partial charge in [0.2, 0.25) is 5.91 Å². The Labute approximate surface area is 145 Å². The molecule has 5 heteroatoms. The van der Waals surface area contributed by atoms with Crippen LogP contribution in [-0.4, -0.2) is 17.7 Å². The van der Waals surface area contributed by atoms with Gasteiger partial charge in [-0.15, -0.1) is 11.8 Å². The van der Waals surface area contributed by atoms with Crippen molar-refractivity contribution < 1.29 is 9.18 Å². The van der Waals surface area contributed by atoms with Crippen LogP contribution in [0.15, 0.2) is 53.4 Å². The van der Waals surface area contributed by atoms with Gasteiger partial charge in [-0.25, -0.2) is 4.39 Å². The van der Waals surface area contributed by atoms with Crippen LogP contribution in [0.25, 0.3) is 0 Å². The van der Waals surface area contributed by atoms with E-state index in [-0.39, 0.29) is 17.0 Å². The monoisotopic (exact) mass is 351 g/mol. The van der Waals surface area contributed by atoms with Gasteiger partial charge in [0.1, 0.15) is 5.82 Å². The third kappa shape index (κ3) is 5.88. The molecule has 0 aliphatic carbocycles. The first-order chi connectivity index (χ1) is 11.1. The average Bonchev–Trinajstić information content (AvgIpc) is 2.56. The molecule has 1 atom stereocenters. The molecule has 0 aliphatic rings. The number of nitrogens with one attached hydrogen (secondary N) is 1. The number of hydrogen-bond donors (Lipinski definition) is 1. The zero-order chi connectivity index (χ0) is 16.7. The molecule has 2 rings (SSSR count). The third-order valence-electron chi connectivity index (χ3n) is 3.38. The van der Waals surface area contributed by atoms with Crippen LogP contribution >= 0.6 is 23.4 Å². The van der Waals surface area contributed by atoms with Gasteiger partial charge in [0, 0.05) is 16.5 Å². The molecule has 2 nitrogen and oxygen atoms in total. The Morgan fingerprint density at radius 3 is 2.43 bits per heavy atom. The van der Waals surface area contributed by atoms with Crippen molar-refractivity contribution in [2.75, 3.05) is 6.54 Å². The zero-order valence-corrected chi connectivity index (χ0v) is 14.5. The Hall–Kier alpha value is -1.52. The Morgan fingerprint density at radius 1 is 1.17 bits per heavy atom. The van der Waals surface area contributed by atoms with Crippen molar-refractivity contribution in [1.82, 2.24) is 5.32 Å². The molecule has 0 unspecified atom stereocenters. The van der Waals surface area contributed by atoms with Crippen molar-refractivity contribution in [3.63, 3.8) is 0 Å². The van der Waals surface area contributed by atoms with Gasteiger partial charge in [0.25, 0.3) is 0 Å². The summed E-state index contributed by atoms with van der Waals surface area (Å²) in [5, 5.41) is 3.50. The minimum atomic E-state index is -0.247. The van der Waals surface area contributed by atoms with Gasteiger partial charge in [-0.1, -0.05) is 30.7 Å². The van der Waals surface area contributed by atoms with Gasteiger partial charge in [0.15, 0.2) is 0 Å². The fourth-order valence-corrected chi connectivity index (χ4v) is 3.20. The lowest BCUT2D eigenvalue weighted by molar-refractivity contribution is -0.120. The van der Waals surface area contributed by atoms with Crippen molar-refractivity contribution in [1.29, 1.82) is 0 Å². The number of carbonyl (C=O) groups is 1. The average molecular weight is 352 g/mol. The lowest BCUT2D eigenvalue weighted by atomic mass is 10.1. The maximum absolute atomic E-state index is 12.8. The standard InChI is InChI=1S/C18H19ClFNOS/c1-2-17(23-16-9-5-14(19)6-10-16)18(22)21-12-11-13-3-7-15(20)8-4-13/h3-10,17H,2,11-12H2,1H3,(H,21,22)/t17-/m1/s1. The summed E-state index contributed by atoms with van der Waals surface area (Å²) >= 11 is 7.40. The number of carbonyl (C=O) groups excluding carboxylic acids is 1. The highest BCUT2D eigenvalue weighted by atomic mass is 35.5. The van der Waals surface area contributed by atoms with E-state index in [2.05, 4.69) is 5.32 Å². The fraction of sp³-hybridized carbons (Fsp3) is 0.278. The first-order valence-electron chi connectivity index (χ1n) is 7.53. The summed E-state index contributed by atoms with van der Waals surface area (Å²) in [5.74, 6) is -0.224. The van der Waals surface area contributed by atoms with E-state index in [1.165, 1.54) is 23.9 Å². The molecule has 23 heavy (non-hydrogen) atoms. The van der Waals surface area contributed by atoms with Crippen LogP contribution in [0.5, 0.6) is 0 Å². The summed E-state index contributed by atoms with van der Waals surface area (Å²) in [6.07, 6.45) is 1.43. The van der Waals surface area contributed by atoms with Gasteiger partial charge in [-0.05, 0) is 54.8 Å². The van der Waals surface area contributed by atoms with E-state index < -0.39 is 0 Å². The molecule has 122 valence electrons. The van der Waals surface area contributed by atoms with Crippen LogP contribution in [0, 0.1) is 5.82 Å². The quantitative estimate of drug-likeness (QED) is 0.732. The van der Waals surface area contributed by atoms with Crippen LogP contribution in [0.3, 0.4) is 0 Å². The highest BCUT2D eigenvalue weighted by molar-refractivity contribution is 8.00. The lowest BCUT2D eigenvalue weighted by Gasteiger charge is -2.15. The molecule has 0 heterocycles.